The minimum absolute atomic E-state index is 0.0546. The van der Waals surface area contributed by atoms with E-state index in [-0.39, 0.29) is 17.4 Å². The van der Waals surface area contributed by atoms with E-state index in [0.29, 0.717) is 24.8 Å². The number of methoxy groups -OCH3 is 1. The van der Waals surface area contributed by atoms with E-state index in [1.54, 1.807) is 12.1 Å². The van der Waals surface area contributed by atoms with Crippen LogP contribution in [-0.4, -0.2) is 50.8 Å². The number of hydrogen-bond acceptors (Lipinski definition) is 5. The van der Waals surface area contributed by atoms with Crippen LogP contribution < -0.4 is 10.1 Å². The molecule has 2 aliphatic heterocycles. The largest absolute Gasteiger partial charge is 0.495 e. The number of rotatable bonds is 2. The lowest BCUT2D eigenvalue weighted by atomic mass is 10.0. The predicted octanol–water partition coefficient (Wildman–Crippen LogP) is 1.05. The number of morpholine rings is 1. The second kappa shape index (κ2) is 5.98. The van der Waals surface area contributed by atoms with Crippen LogP contribution in [0.5, 0.6) is 5.75 Å². The lowest BCUT2D eigenvalue weighted by Crippen LogP contribution is -2.57. The third kappa shape index (κ3) is 2.60. The van der Waals surface area contributed by atoms with Gasteiger partial charge in [0.15, 0.2) is 5.82 Å². The molecule has 2 saturated heterocycles. The molecule has 2 atom stereocenters. The normalized spacial score (nSPS) is 26.0. The molecular formula is C15H18FN3O2. The van der Waals surface area contributed by atoms with Gasteiger partial charge in [0.2, 0.25) is 0 Å². The van der Waals surface area contributed by atoms with Crippen molar-refractivity contribution < 1.29 is 13.9 Å². The highest BCUT2D eigenvalue weighted by atomic mass is 19.1. The fraction of sp³-hybridized carbons (Fsp3) is 0.533. The third-order valence-corrected chi connectivity index (χ3v) is 4.17. The van der Waals surface area contributed by atoms with Gasteiger partial charge in [0, 0.05) is 37.8 Å². The molecular weight excluding hydrogens is 273 g/mol. The predicted molar refractivity (Wildman–Crippen MR) is 74.6 cm³/mol. The second-order valence-corrected chi connectivity index (χ2v) is 5.33. The maximum absolute atomic E-state index is 14.5. The van der Waals surface area contributed by atoms with Crippen LogP contribution in [0.3, 0.4) is 0 Å². The zero-order valence-electron chi connectivity index (χ0n) is 11.9. The SMILES string of the molecule is COc1ccc([C@@H]2CN3CCNC[C@H]3CO2)c(F)c1C#N. The fourth-order valence-electron chi connectivity index (χ4n) is 2.99. The molecule has 1 aromatic carbocycles. The topological polar surface area (TPSA) is 57.5 Å². The molecule has 5 nitrogen and oxygen atoms in total. The van der Waals surface area contributed by atoms with E-state index >= 15 is 0 Å². The van der Waals surface area contributed by atoms with Crippen molar-refractivity contribution in [2.45, 2.75) is 12.1 Å². The van der Waals surface area contributed by atoms with Crippen molar-refractivity contribution in [3.63, 3.8) is 0 Å². The summed E-state index contributed by atoms with van der Waals surface area (Å²) < 4.78 is 25.4. The molecule has 2 aliphatic rings. The van der Waals surface area contributed by atoms with Crippen molar-refractivity contribution in [3.8, 4) is 11.8 Å². The summed E-state index contributed by atoms with van der Waals surface area (Å²) >= 11 is 0. The molecule has 0 radical (unpaired) electrons. The molecule has 0 aromatic heterocycles. The van der Waals surface area contributed by atoms with Gasteiger partial charge in [0.05, 0.1) is 19.8 Å². The Morgan fingerprint density at radius 1 is 1.52 bits per heavy atom. The zero-order chi connectivity index (χ0) is 14.8. The standard InChI is InChI=1S/C15H18FN3O2/c1-20-13-3-2-11(15(16)12(13)6-17)14-8-19-5-4-18-7-10(19)9-21-14/h2-3,10,14,18H,4-5,7-9H2,1H3/t10-,14-/m0/s1. The summed E-state index contributed by atoms with van der Waals surface area (Å²) in [6, 6.07) is 5.51. The van der Waals surface area contributed by atoms with Gasteiger partial charge in [-0.1, -0.05) is 0 Å². The summed E-state index contributed by atoms with van der Waals surface area (Å²) in [5, 5.41) is 12.4. The first kappa shape index (κ1) is 14.3. The van der Waals surface area contributed by atoms with Crippen molar-refractivity contribution in [1.29, 1.82) is 5.26 Å². The van der Waals surface area contributed by atoms with Crippen LogP contribution in [0.4, 0.5) is 4.39 Å². The van der Waals surface area contributed by atoms with Crippen LogP contribution in [0.1, 0.15) is 17.2 Å². The summed E-state index contributed by atoms with van der Waals surface area (Å²) in [5.74, 6) is -0.273. The molecule has 1 aromatic rings. The van der Waals surface area contributed by atoms with Crippen molar-refractivity contribution >= 4 is 0 Å². The van der Waals surface area contributed by atoms with E-state index < -0.39 is 5.82 Å². The molecule has 0 unspecified atom stereocenters. The maximum atomic E-state index is 14.5. The molecule has 0 amide bonds. The Balaban J connectivity index is 1.86. The van der Waals surface area contributed by atoms with E-state index in [4.69, 9.17) is 14.7 Å². The number of benzene rings is 1. The molecule has 2 fully saturated rings. The molecule has 0 spiro atoms. The first-order valence-electron chi connectivity index (χ1n) is 7.07. The highest BCUT2D eigenvalue weighted by molar-refractivity contribution is 5.47. The number of nitrogens with zero attached hydrogens (tertiary/aromatic N) is 2. The van der Waals surface area contributed by atoms with Gasteiger partial charge < -0.3 is 14.8 Å². The van der Waals surface area contributed by atoms with E-state index in [1.807, 2.05) is 6.07 Å². The lowest BCUT2D eigenvalue weighted by molar-refractivity contribution is -0.0729. The van der Waals surface area contributed by atoms with E-state index in [2.05, 4.69) is 10.2 Å². The number of nitriles is 1. The van der Waals surface area contributed by atoms with Crippen molar-refractivity contribution in [3.05, 3.63) is 29.1 Å². The molecule has 0 saturated carbocycles. The quantitative estimate of drug-likeness (QED) is 0.882. The Labute approximate surface area is 123 Å². The smallest absolute Gasteiger partial charge is 0.150 e. The summed E-state index contributed by atoms with van der Waals surface area (Å²) in [5.41, 5.74) is 0.380. The Morgan fingerprint density at radius 2 is 2.38 bits per heavy atom. The summed E-state index contributed by atoms with van der Waals surface area (Å²) in [6.45, 7) is 4.01. The molecule has 112 valence electrons. The van der Waals surface area contributed by atoms with Gasteiger partial charge in [0.1, 0.15) is 17.4 Å². The van der Waals surface area contributed by atoms with E-state index in [0.717, 1.165) is 19.6 Å². The summed E-state index contributed by atoms with van der Waals surface area (Å²) in [6.07, 6.45) is -0.336. The van der Waals surface area contributed by atoms with E-state index in [9.17, 15) is 4.39 Å². The lowest BCUT2D eigenvalue weighted by Gasteiger charge is -2.42. The Bertz CT molecular complexity index is 573. The van der Waals surface area contributed by atoms with Crippen LogP contribution in [0, 0.1) is 17.1 Å². The fourth-order valence-corrected chi connectivity index (χ4v) is 2.99. The third-order valence-electron chi connectivity index (χ3n) is 4.17. The minimum atomic E-state index is -0.532. The maximum Gasteiger partial charge on any atom is 0.150 e. The number of ether oxygens (including phenoxy) is 2. The minimum Gasteiger partial charge on any atom is -0.495 e. The van der Waals surface area contributed by atoms with Crippen molar-refractivity contribution in [1.82, 2.24) is 10.2 Å². The van der Waals surface area contributed by atoms with Gasteiger partial charge >= 0.3 is 0 Å². The van der Waals surface area contributed by atoms with E-state index in [1.165, 1.54) is 7.11 Å². The number of hydrogen-bond donors (Lipinski definition) is 1. The van der Waals surface area contributed by atoms with Crippen molar-refractivity contribution in [2.75, 3.05) is 39.9 Å². The monoisotopic (exact) mass is 291 g/mol. The Hall–Kier alpha value is -1.68. The van der Waals surface area contributed by atoms with Crippen LogP contribution in [0.15, 0.2) is 12.1 Å². The van der Waals surface area contributed by atoms with Gasteiger partial charge in [-0.15, -0.1) is 0 Å². The Kier molecular flexibility index (Phi) is 4.06. The molecule has 6 heteroatoms. The van der Waals surface area contributed by atoms with Gasteiger partial charge in [0.25, 0.3) is 0 Å². The molecule has 3 rings (SSSR count). The first-order chi connectivity index (χ1) is 10.2. The number of nitrogens with one attached hydrogen (secondary N) is 1. The van der Waals surface area contributed by atoms with Crippen LogP contribution in [0.25, 0.3) is 0 Å². The number of halogens is 1. The summed E-state index contributed by atoms with van der Waals surface area (Å²) in [4.78, 5) is 2.32. The highest BCUT2D eigenvalue weighted by Gasteiger charge is 2.33. The molecule has 1 N–H and O–H groups in total. The van der Waals surface area contributed by atoms with Crippen LogP contribution in [-0.2, 0) is 4.74 Å². The highest BCUT2D eigenvalue weighted by Crippen LogP contribution is 2.32. The van der Waals surface area contributed by atoms with Crippen LogP contribution >= 0.6 is 0 Å². The number of fused-ring (bicyclic) bond motifs is 1. The zero-order valence-corrected chi connectivity index (χ0v) is 11.9. The van der Waals surface area contributed by atoms with Gasteiger partial charge in [-0.05, 0) is 12.1 Å². The van der Waals surface area contributed by atoms with Gasteiger partial charge in [-0.2, -0.15) is 5.26 Å². The molecule has 2 heterocycles. The van der Waals surface area contributed by atoms with Crippen molar-refractivity contribution in [2.24, 2.45) is 0 Å². The Morgan fingerprint density at radius 3 is 3.14 bits per heavy atom. The van der Waals surface area contributed by atoms with Crippen LogP contribution in [0.2, 0.25) is 0 Å². The average molecular weight is 291 g/mol. The van der Waals surface area contributed by atoms with Gasteiger partial charge in [-0.25, -0.2) is 4.39 Å². The number of piperazine rings is 1. The second-order valence-electron chi connectivity index (χ2n) is 5.33. The average Bonchev–Trinajstić information content (AvgIpc) is 2.54. The molecule has 21 heavy (non-hydrogen) atoms. The van der Waals surface area contributed by atoms with Gasteiger partial charge in [-0.3, -0.25) is 4.90 Å². The molecule has 0 aliphatic carbocycles. The summed E-state index contributed by atoms with van der Waals surface area (Å²) in [7, 11) is 1.43. The first-order valence-corrected chi connectivity index (χ1v) is 7.07. The molecule has 0 bridgehead atoms.